The van der Waals surface area contributed by atoms with E-state index in [-0.39, 0.29) is 5.91 Å². The number of amides is 1. The van der Waals surface area contributed by atoms with Crippen molar-refractivity contribution in [2.75, 3.05) is 11.1 Å². The lowest BCUT2D eigenvalue weighted by atomic mass is 10.0. The molecule has 3 N–H and O–H groups in total. The molecular formula is C13H12N4O2. The van der Waals surface area contributed by atoms with Gasteiger partial charge in [-0.3, -0.25) is 9.78 Å². The average Bonchev–Trinajstić information content (AvgIpc) is 2.39. The van der Waals surface area contributed by atoms with Crippen LogP contribution in [0, 0.1) is 0 Å². The van der Waals surface area contributed by atoms with Gasteiger partial charge in [-0.15, -0.1) is 0 Å². The maximum Gasteiger partial charge on any atom is 0.239 e. The summed E-state index contributed by atoms with van der Waals surface area (Å²) in [6.07, 6.45) is 4.16. The third kappa shape index (κ3) is 2.47. The van der Waals surface area contributed by atoms with Crippen LogP contribution >= 0.6 is 0 Å². The molecule has 0 spiro atoms. The van der Waals surface area contributed by atoms with Crippen molar-refractivity contribution in [2.24, 2.45) is 0 Å². The number of nitrogens with zero attached hydrogens (tertiary/aromatic N) is 2. The van der Waals surface area contributed by atoms with E-state index in [1.165, 1.54) is 12.4 Å². The number of rotatable bonds is 2. The van der Waals surface area contributed by atoms with Crippen LogP contribution in [0.15, 0.2) is 30.6 Å². The first-order valence-corrected chi connectivity index (χ1v) is 5.89. The lowest BCUT2D eigenvalue weighted by molar-refractivity contribution is -0.116. The number of nitrogens with two attached hydrogens (primary N) is 1. The first-order chi connectivity index (χ1) is 9.20. The van der Waals surface area contributed by atoms with E-state index < -0.39 is 0 Å². The van der Waals surface area contributed by atoms with Gasteiger partial charge in [-0.05, 0) is 30.2 Å². The maximum absolute atomic E-state index is 11.3. The minimum Gasteiger partial charge on any atom is -0.437 e. The van der Waals surface area contributed by atoms with E-state index in [0.717, 1.165) is 11.3 Å². The smallest absolute Gasteiger partial charge is 0.239 e. The van der Waals surface area contributed by atoms with Gasteiger partial charge in [0, 0.05) is 12.1 Å². The van der Waals surface area contributed by atoms with Crippen LogP contribution in [0.5, 0.6) is 11.6 Å². The molecule has 1 aromatic heterocycles. The van der Waals surface area contributed by atoms with E-state index in [1.807, 2.05) is 12.1 Å². The minimum absolute atomic E-state index is 0.0443. The van der Waals surface area contributed by atoms with Crippen molar-refractivity contribution in [3.05, 3.63) is 36.2 Å². The molecule has 0 aliphatic carbocycles. The Kier molecular flexibility index (Phi) is 2.75. The molecule has 2 heterocycles. The molecule has 96 valence electrons. The fourth-order valence-corrected chi connectivity index (χ4v) is 1.96. The first-order valence-electron chi connectivity index (χ1n) is 5.89. The summed E-state index contributed by atoms with van der Waals surface area (Å²) in [7, 11) is 0. The fourth-order valence-electron chi connectivity index (χ4n) is 1.96. The van der Waals surface area contributed by atoms with Crippen LogP contribution in [0.4, 0.5) is 11.5 Å². The molecule has 1 aliphatic rings. The molecule has 0 saturated heterocycles. The first kappa shape index (κ1) is 11.5. The largest absolute Gasteiger partial charge is 0.437 e. The number of anilines is 2. The zero-order chi connectivity index (χ0) is 13.2. The summed E-state index contributed by atoms with van der Waals surface area (Å²) in [5.74, 6) is 1.35. The molecule has 6 heteroatoms. The Balaban J connectivity index is 1.85. The molecule has 3 rings (SSSR count). The van der Waals surface area contributed by atoms with Gasteiger partial charge >= 0.3 is 0 Å². The lowest BCUT2D eigenvalue weighted by Crippen LogP contribution is -2.18. The summed E-state index contributed by atoms with van der Waals surface area (Å²) in [4.78, 5) is 19.2. The van der Waals surface area contributed by atoms with Gasteiger partial charge in [-0.1, -0.05) is 0 Å². The van der Waals surface area contributed by atoms with Gasteiger partial charge in [0.1, 0.15) is 11.6 Å². The summed E-state index contributed by atoms with van der Waals surface area (Å²) in [5.41, 5.74) is 7.42. The van der Waals surface area contributed by atoms with E-state index >= 15 is 0 Å². The van der Waals surface area contributed by atoms with Crippen molar-refractivity contribution in [3.63, 3.8) is 0 Å². The highest BCUT2D eigenvalue weighted by Gasteiger charge is 2.15. The van der Waals surface area contributed by atoms with Crippen LogP contribution in [0.3, 0.4) is 0 Å². The monoisotopic (exact) mass is 256 g/mol. The summed E-state index contributed by atoms with van der Waals surface area (Å²) in [6, 6.07) is 5.48. The number of benzene rings is 1. The van der Waals surface area contributed by atoms with Gasteiger partial charge in [0.2, 0.25) is 11.8 Å². The number of nitrogens with one attached hydrogen (secondary N) is 1. The highest BCUT2D eigenvalue weighted by Crippen LogP contribution is 2.28. The molecule has 1 aliphatic heterocycles. The number of carbonyl (C=O) groups excluding carboxylic acids is 1. The number of hydrogen-bond acceptors (Lipinski definition) is 5. The highest BCUT2D eigenvalue weighted by atomic mass is 16.5. The summed E-state index contributed by atoms with van der Waals surface area (Å²) >= 11 is 0. The second-order valence-corrected chi connectivity index (χ2v) is 4.25. The van der Waals surface area contributed by atoms with Crippen molar-refractivity contribution < 1.29 is 9.53 Å². The number of nitrogen functional groups attached to an aromatic ring is 1. The predicted molar refractivity (Wildman–Crippen MR) is 69.9 cm³/mol. The number of hydrogen-bond donors (Lipinski definition) is 2. The Bertz CT molecular complexity index is 642. The van der Waals surface area contributed by atoms with Gasteiger partial charge in [0.25, 0.3) is 0 Å². The molecule has 0 unspecified atom stereocenters. The lowest BCUT2D eigenvalue weighted by Gasteiger charge is -2.17. The Morgan fingerprint density at radius 3 is 3.00 bits per heavy atom. The molecule has 1 aromatic carbocycles. The third-order valence-electron chi connectivity index (χ3n) is 2.83. The van der Waals surface area contributed by atoms with Crippen molar-refractivity contribution in [3.8, 4) is 11.6 Å². The summed E-state index contributed by atoms with van der Waals surface area (Å²) < 4.78 is 5.59. The molecule has 0 bridgehead atoms. The molecule has 0 atom stereocenters. The van der Waals surface area contributed by atoms with Gasteiger partial charge in [0.05, 0.1) is 12.4 Å². The van der Waals surface area contributed by atoms with E-state index in [9.17, 15) is 4.79 Å². The number of fused-ring (bicyclic) bond motifs is 1. The van der Waals surface area contributed by atoms with Crippen LogP contribution in [-0.2, 0) is 11.2 Å². The second-order valence-electron chi connectivity index (χ2n) is 4.25. The summed E-state index contributed by atoms with van der Waals surface area (Å²) in [5, 5.41) is 2.82. The number of aryl methyl sites for hydroxylation is 1. The number of carbonyl (C=O) groups is 1. The van der Waals surface area contributed by atoms with Crippen LogP contribution in [-0.4, -0.2) is 15.9 Å². The fraction of sp³-hybridized carbons (Fsp3) is 0.154. The van der Waals surface area contributed by atoms with Gasteiger partial charge in [-0.25, -0.2) is 0 Å². The molecule has 6 nitrogen and oxygen atoms in total. The van der Waals surface area contributed by atoms with Crippen molar-refractivity contribution in [1.82, 2.24) is 9.97 Å². The number of aromatic nitrogens is 2. The highest BCUT2D eigenvalue weighted by molar-refractivity contribution is 5.94. The van der Waals surface area contributed by atoms with E-state index in [4.69, 9.17) is 10.5 Å². The van der Waals surface area contributed by atoms with Crippen molar-refractivity contribution >= 4 is 17.4 Å². The summed E-state index contributed by atoms with van der Waals surface area (Å²) in [6.45, 7) is 0. The van der Waals surface area contributed by atoms with E-state index in [1.54, 1.807) is 6.07 Å². The second kappa shape index (κ2) is 4.56. The molecule has 0 radical (unpaired) electrons. The van der Waals surface area contributed by atoms with E-state index in [2.05, 4.69) is 15.3 Å². The normalized spacial score (nSPS) is 13.6. The van der Waals surface area contributed by atoms with E-state index in [0.29, 0.717) is 30.3 Å². The van der Waals surface area contributed by atoms with Crippen LogP contribution in [0.25, 0.3) is 0 Å². The SMILES string of the molecule is Nc1cncc(Oc2ccc3c(c2)CCC(=O)N3)n1. The molecule has 1 amide bonds. The molecule has 2 aromatic rings. The van der Waals surface area contributed by atoms with Gasteiger partial charge in [-0.2, -0.15) is 4.98 Å². The van der Waals surface area contributed by atoms with Gasteiger partial charge in [0.15, 0.2) is 0 Å². The predicted octanol–water partition coefficient (Wildman–Crippen LogP) is 1.74. The topological polar surface area (TPSA) is 90.1 Å². The molecular weight excluding hydrogens is 244 g/mol. The Morgan fingerprint density at radius 1 is 1.26 bits per heavy atom. The maximum atomic E-state index is 11.3. The Labute approximate surface area is 109 Å². The number of ether oxygens (including phenoxy) is 1. The zero-order valence-corrected chi connectivity index (χ0v) is 10.1. The van der Waals surface area contributed by atoms with Crippen LogP contribution in [0.1, 0.15) is 12.0 Å². The molecule has 0 fully saturated rings. The molecule has 19 heavy (non-hydrogen) atoms. The van der Waals surface area contributed by atoms with Crippen molar-refractivity contribution in [1.29, 1.82) is 0 Å². The quantitative estimate of drug-likeness (QED) is 0.854. The van der Waals surface area contributed by atoms with Crippen molar-refractivity contribution in [2.45, 2.75) is 12.8 Å². The molecule has 0 saturated carbocycles. The third-order valence-corrected chi connectivity index (χ3v) is 2.83. The average molecular weight is 256 g/mol. The zero-order valence-electron chi connectivity index (χ0n) is 10.1. The Morgan fingerprint density at radius 2 is 2.16 bits per heavy atom. The Hall–Kier alpha value is -2.63. The van der Waals surface area contributed by atoms with Crippen LogP contribution in [0.2, 0.25) is 0 Å². The van der Waals surface area contributed by atoms with Gasteiger partial charge < -0.3 is 15.8 Å². The standard InChI is InChI=1S/C13H12N4O2/c14-11-6-15-7-13(17-11)19-9-2-3-10-8(5-9)1-4-12(18)16-10/h2-3,5-7H,1,4H2,(H2,14,17)(H,16,18). The minimum atomic E-state index is 0.0443. The van der Waals surface area contributed by atoms with Crippen LogP contribution < -0.4 is 15.8 Å².